The summed E-state index contributed by atoms with van der Waals surface area (Å²) in [5.74, 6) is 1.53. The smallest absolute Gasteiger partial charge is 0.138 e. The lowest BCUT2D eigenvalue weighted by molar-refractivity contribution is 0.361. The van der Waals surface area contributed by atoms with E-state index in [1.54, 1.807) is 0 Å². The molecule has 1 rings (SSSR count). The van der Waals surface area contributed by atoms with E-state index in [1.807, 2.05) is 13.0 Å². The maximum atomic E-state index is 5.93. The number of hydrogen-bond acceptors (Lipinski definition) is 3. The fourth-order valence-electron chi connectivity index (χ4n) is 1.46. The lowest BCUT2D eigenvalue weighted by atomic mass is 10.0. The Labute approximate surface area is 91.4 Å². The van der Waals surface area contributed by atoms with Crippen LogP contribution in [0.25, 0.3) is 0 Å². The molecular formula is C10H19ClN2O. The molecule has 0 fully saturated rings. The molecule has 3 nitrogen and oxygen atoms in total. The zero-order chi connectivity index (χ0) is 9.84. The summed E-state index contributed by atoms with van der Waals surface area (Å²) in [4.78, 5) is 0. The van der Waals surface area contributed by atoms with Crippen molar-refractivity contribution in [3.8, 4) is 0 Å². The van der Waals surface area contributed by atoms with Gasteiger partial charge in [0.2, 0.25) is 0 Å². The van der Waals surface area contributed by atoms with E-state index in [1.165, 1.54) is 0 Å². The van der Waals surface area contributed by atoms with Gasteiger partial charge in [0.1, 0.15) is 5.76 Å². The summed E-state index contributed by atoms with van der Waals surface area (Å²) in [6.07, 6.45) is 1.82. The molecule has 0 aliphatic rings. The van der Waals surface area contributed by atoms with Gasteiger partial charge in [-0.1, -0.05) is 19.0 Å². The quantitative estimate of drug-likeness (QED) is 0.844. The van der Waals surface area contributed by atoms with Gasteiger partial charge in [0.25, 0.3) is 0 Å². The summed E-state index contributed by atoms with van der Waals surface area (Å²) >= 11 is 0. The van der Waals surface area contributed by atoms with Gasteiger partial charge >= 0.3 is 0 Å². The fourth-order valence-corrected chi connectivity index (χ4v) is 1.46. The first kappa shape index (κ1) is 13.5. The predicted octanol–water partition coefficient (Wildman–Crippen LogP) is 2.32. The summed E-state index contributed by atoms with van der Waals surface area (Å²) in [6.45, 7) is 6.26. The molecule has 0 saturated carbocycles. The van der Waals surface area contributed by atoms with Crippen LogP contribution in [-0.4, -0.2) is 11.2 Å². The van der Waals surface area contributed by atoms with Gasteiger partial charge in [-0.05, 0) is 19.3 Å². The number of aromatic nitrogens is 1. The zero-order valence-corrected chi connectivity index (χ0v) is 9.80. The van der Waals surface area contributed by atoms with E-state index in [-0.39, 0.29) is 18.4 Å². The highest BCUT2D eigenvalue weighted by atomic mass is 35.5. The number of halogens is 1. The number of nitrogens with two attached hydrogens (primary N) is 1. The van der Waals surface area contributed by atoms with Crippen LogP contribution in [0.4, 0.5) is 0 Å². The standard InChI is InChI=1S/C10H18N2O.ClH/c1-7(2)4-9(11)6-10-5-8(3)12-13-10;/h5,7,9H,4,6,11H2,1-3H3;1H/t9-;/m0./s1. The average Bonchev–Trinajstić information content (AvgIpc) is 2.33. The van der Waals surface area contributed by atoms with E-state index in [4.69, 9.17) is 10.3 Å². The van der Waals surface area contributed by atoms with Crippen molar-refractivity contribution < 1.29 is 4.52 Å². The van der Waals surface area contributed by atoms with Crippen LogP contribution >= 0.6 is 12.4 Å². The molecule has 0 aliphatic heterocycles. The first-order chi connectivity index (χ1) is 6.08. The van der Waals surface area contributed by atoms with Crippen molar-refractivity contribution in [2.75, 3.05) is 0 Å². The molecule has 1 atom stereocenters. The van der Waals surface area contributed by atoms with Crippen molar-refractivity contribution in [2.24, 2.45) is 11.7 Å². The van der Waals surface area contributed by atoms with Crippen LogP contribution in [0.1, 0.15) is 31.7 Å². The van der Waals surface area contributed by atoms with Gasteiger partial charge in [-0.25, -0.2) is 0 Å². The molecule has 82 valence electrons. The normalized spacial score (nSPS) is 12.6. The van der Waals surface area contributed by atoms with Gasteiger partial charge in [0.15, 0.2) is 0 Å². The van der Waals surface area contributed by atoms with Crippen molar-refractivity contribution in [2.45, 2.75) is 39.7 Å². The molecule has 4 heteroatoms. The SMILES string of the molecule is Cc1cc(C[C@@H](N)CC(C)C)on1.Cl. The molecule has 2 N–H and O–H groups in total. The number of rotatable bonds is 4. The summed E-state index contributed by atoms with van der Waals surface area (Å²) in [5.41, 5.74) is 6.85. The lowest BCUT2D eigenvalue weighted by Crippen LogP contribution is -2.24. The molecule has 1 aromatic heterocycles. The van der Waals surface area contributed by atoms with Crippen LogP contribution in [0.5, 0.6) is 0 Å². The third kappa shape index (κ3) is 4.63. The monoisotopic (exact) mass is 218 g/mol. The van der Waals surface area contributed by atoms with Crippen molar-refractivity contribution in [3.05, 3.63) is 17.5 Å². The van der Waals surface area contributed by atoms with Gasteiger partial charge < -0.3 is 10.3 Å². The minimum atomic E-state index is 0. The van der Waals surface area contributed by atoms with Gasteiger partial charge in [0.05, 0.1) is 5.69 Å². The molecule has 1 heterocycles. The molecule has 1 aromatic rings. The van der Waals surface area contributed by atoms with Gasteiger partial charge in [0, 0.05) is 18.5 Å². The Morgan fingerprint density at radius 2 is 2.14 bits per heavy atom. The molecule has 0 spiro atoms. The third-order valence-electron chi connectivity index (χ3n) is 1.91. The fraction of sp³-hybridized carbons (Fsp3) is 0.700. The molecule has 0 aliphatic carbocycles. The summed E-state index contributed by atoms with van der Waals surface area (Å²) < 4.78 is 5.09. The maximum absolute atomic E-state index is 5.93. The van der Waals surface area contributed by atoms with E-state index in [2.05, 4.69) is 19.0 Å². The molecular weight excluding hydrogens is 200 g/mol. The second kappa shape index (κ2) is 6.04. The molecule has 0 unspecified atom stereocenters. The topological polar surface area (TPSA) is 52.0 Å². The summed E-state index contributed by atoms with van der Waals surface area (Å²) in [6, 6.07) is 2.13. The highest BCUT2D eigenvalue weighted by molar-refractivity contribution is 5.85. The number of nitrogens with zero attached hydrogens (tertiary/aromatic N) is 1. The minimum absolute atomic E-state index is 0. The summed E-state index contributed by atoms with van der Waals surface area (Å²) in [5, 5.41) is 3.82. The van der Waals surface area contributed by atoms with Crippen molar-refractivity contribution >= 4 is 12.4 Å². The predicted molar refractivity (Wildman–Crippen MR) is 59.6 cm³/mol. The van der Waals surface area contributed by atoms with Gasteiger partial charge in [-0.3, -0.25) is 0 Å². The first-order valence-electron chi connectivity index (χ1n) is 4.75. The summed E-state index contributed by atoms with van der Waals surface area (Å²) in [7, 11) is 0. The number of hydrogen-bond donors (Lipinski definition) is 1. The molecule has 0 amide bonds. The molecule has 0 aromatic carbocycles. The van der Waals surface area contributed by atoms with Crippen LogP contribution in [-0.2, 0) is 6.42 Å². The number of aryl methyl sites for hydroxylation is 1. The zero-order valence-electron chi connectivity index (χ0n) is 8.99. The highest BCUT2D eigenvalue weighted by Crippen LogP contribution is 2.10. The van der Waals surface area contributed by atoms with E-state index in [0.29, 0.717) is 5.92 Å². The molecule has 0 saturated heterocycles. The second-order valence-electron chi connectivity index (χ2n) is 4.03. The Morgan fingerprint density at radius 3 is 2.57 bits per heavy atom. The molecule has 14 heavy (non-hydrogen) atoms. The largest absolute Gasteiger partial charge is 0.361 e. The first-order valence-corrected chi connectivity index (χ1v) is 4.75. The van der Waals surface area contributed by atoms with Crippen molar-refractivity contribution in [1.29, 1.82) is 0 Å². The maximum Gasteiger partial charge on any atom is 0.138 e. The van der Waals surface area contributed by atoms with Gasteiger partial charge in [-0.15, -0.1) is 12.4 Å². The Bertz CT molecular complexity index is 260. The minimum Gasteiger partial charge on any atom is -0.361 e. The Hall–Kier alpha value is -0.540. The van der Waals surface area contributed by atoms with Crippen molar-refractivity contribution in [1.82, 2.24) is 5.16 Å². The van der Waals surface area contributed by atoms with E-state index in [9.17, 15) is 0 Å². The molecule has 0 radical (unpaired) electrons. The highest BCUT2D eigenvalue weighted by Gasteiger charge is 2.09. The average molecular weight is 219 g/mol. The Kier molecular flexibility index (Phi) is 5.81. The molecule has 0 bridgehead atoms. The Balaban J connectivity index is 0.00000169. The second-order valence-corrected chi connectivity index (χ2v) is 4.03. The Morgan fingerprint density at radius 1 is 1.50 bits per heavy atom. The van der Waals surface area contributed by atoms with Gasteiger partial charge in [-0.2, -0.15) is 0 Å². The van der Waals surface area contributed by atoms with Crippen LogP contribution < -0.4 is 5.73 Å². The van der Waals surface area contributed by atoms with Crippen LogP contribution in [0.2, 0.25) is 0 Å². The van der Waals surface area contributed by atoms with E-state index >= 15 is 0 Å². The van der Waals surface area contributed by atoms with Crippen LogP contribution in [0, 0.1) is 12.8 Å². The van der Waals surface area contributed by atoms with Crippen molar-refractivity contribution in [3.63, 3.8) is 0 Å². The van der Waals surface area contributed by atoms with Crippen LogP contribution in [0.15, 0.2) is 10.6 Å². The van der Waals surface area contributed by atoms with Crippen LogP contribution in [0.3, 0.4) is 0 Å². The lowest BCUT2D eigenvalue weighted by Gasteiger charge is -2.11. The van der Waals surface area contributed by atoms with E-state index in [0.717, 1.165) is 24.3 Å². The third-order valence-corrected chi connectivity index (χ3v) is 1.91. The van der Waals surface area contributed by atoms with E-state index < -0.39 is 0 Å².